The second kappa shape index (κ2) is 8.34. The van der Waals surface area contributed by atoms with Gasteiger partial charge in [-0.3, -0.25) is 4.79 Å². The zero-order valence-electron chi connectivity index (χ0n) is 11.5. The normalized spacial score (nSPS) is 13.7. The average Bonchev–Trinajstić information content (AvgIpc) is 2.24. The highest BCUT2D eigenvalue weighted by atomic mass is 16.4. The fraction of sp³-hybridized carbons (Fsp3) is 0.750. The van der Waals surface area contributed by atoms with E-state index in [1.807, 2.05) is 6.92 Å². The lowest BCUT2D eigenvalue weighted by Gasteiger charge is -2.18. The Morgan fingerprint density at radius 1 is 1.00 bits per heavy atom. The first-order valence-electron chi connectivity index (χ1n) is 6.24. The van der Waals surface area contributed by atoms with Crippen molar-refractivity contribution in [3.8, 4) is 0 Å². The van der Waals surface area contributed by atoms with Crippen LogP contribution in [0.5, 0.6) is 0 Å². The van der Waals surface area contributed by atoms with Gasteiger partial charge in [0.25, 0.3) is 0 Å². The molecule has 19 heavy (non-hydrogen) atoms. The first kappa shape index (κ1) is 17.2. The van der Waals surface area contributed by atoms with Crippen LogP contribution in [0.4, 0.5) is 4.79 Å². The van der Waals surface area contributed by atoms with E-state index in [9.17, 15) is 14.4 Å². The monoisotopic (exact) mass is 274 g/mol. The predicted octanol–water partition coefficient (Wildman–Crippen LogP) is 1.04. The van der Waals surface area contributed by atoms with E-state index in [1.165, 1.54) is 0 Å². The minimum atomic E-state index is -1.42. The third-order valence-corrected chi connectivity index (χ3v) is 2.54. The molecule has 0 aromatic carbocycles. The summed E-state index contributed by atoms with van der Waals surface area (Å²) in [6.45, 7) is 5.95. The Hall–Kier alpha value is -1.79. The first-order chi connectivity index (χ1) is 8.72. The van der Waals surface area contributed by atoms with Gasteiger partial charge in [-0.05, 0) is 25.7 Å². The Balaban J connectivity index is 4.18. The molecule has 0 saturated carbocycles. The van der Waals surface area contributed by atoms with Crippen molar-refractivity contribution in [2.24, 2.45) is 5.92 Å². The van der Waals surface area contributed by atoms with Crippen LogP contribution < -0.4 is 10.6 Å². The minimum Gasteiger partial charge on any atom is -0.481 e. The van der Waals surface area contributed by atoms with E-state index in [0.29, 0.717) is 5.92 Å². The second-order valence-corrected chi connectivity index (χ2v) is 4.98. The van der Waals surface area contributed by atoms with E-state index in [0.717, 1.165) is 12.8 Å². The summed E-state index contributed by atoms with van der Waals surface area (Å²) in [6, 6.07) is -2.18. The SMILES string of the molecule is CC(C)CCC(C)NC(=O)N[C@@H](CC(=O)O)C(=O)O. The molecule has 1 unspecified atom stereocenters. The van der Waals surface area contributed by atoms with E-state index in [1.54, 1.807) is 0 Å². The maximum Gasteiger partial charge on any atom is 0.326 e. The fourth-order valence-corrected chi connectivity index (χ4v) is 1.45. The first-order valence-corrected chi connectivity index (χ1v) is 6.24. The van der Waals surface area contributed by atoms with E-state index in [4.69, 9.17) is 10.2 Å². The predicted molar refractivity (Wildman–Crippen MR) is 68.9 cm³/mol. The quantitative estimate of drug-likeness (QED) is 0.527. The number of aliphatic carboxylic acids is 2. The number of carboxylic acid groups (broad SMARTS) is 2. The molecule has 0 saturated heterocycles. The molecule has 0 radical (unpaired) electrons. The van der Waals surface area contributed by atoms with Gasteiger partial charge in [-0.25, -0.2) is 9.59 Å². The smallest absolute Gasteiger partial charge is 0.326 e. The molecule has 0 bridgehead atoms. The fourth-order valence-electron chi connectivity index (χ4n) is 1.45. The third kappa shape index (κ3) is 8.87. The summed E-state index contributed by atoms with van der Waals surface area (Å²) in [5.41, 5.74) is 0. The summed E-state index contributed by atoms with van der Waals surface area (Å²) >= 11 is 0. The van der Waals surface area contributed by atoms with Crippen molar-refractivity contribution in [1.29, 1.82) is 0 Å². The molecule has 0 aliphatic rings. The van der Waals surface area contributed by atoms with E-state index in [2.05, 4.69) is 24.5 Å². The van der Waals surface area contributed by atoms with Crippen LogP contribution in [0.1, 0.15) is 40.0 Å². The van der Waals surface area contributed by atoms with Gasteiger partial charge in [0.15, 0.2) is 0 Å². The molecule has 0 rings (SSSR count). The van der Waals surface area contributed by atoms with Crippen molar-refractivity contribution >= 4 is 18.0 Å². The van der Waals surface area contributed by atoms with Gasteiger partial charge in [-0.2, -0.15) is 0 Å². The molecule has 0 aliphatic carbocycles. The molecule has 7 heteroatoms. The van der Waals surface area contributed by atoms with Crippen molar-refractivity contribution in [3.05, 3.63) is 0 Å². The largest absolute Gasteiger partial charge is 0.481 e. The topological polar surface area (TPSA) is 116 Å². The maximum atomic E-state index is 11.5. The van der Waals surface area contributed by atoms with Crippen molar-refractivity contribution in [3.63, 3.8) is 0 Å². The Kier molecular flexibility index (Phi) is 7.55. The molecule has 0 spiro atoms. The summed E-state index contributed by atoms with van der Waals surface area (Å²) in [5.74, 6) is -2.13. The lowest BCUT2D eigenvalue weighted by Crippen LogP contribution is -2.49. The van der Waals surface area contributed by atoms with Crippen LogP contribution in [0, 0.1) is 5.92 Å². The van der Waals surface area contributed by atoms with Crippen LogP contribution in [-0.4, -0.2) is 40.3 Å². The van der Waals surface area contributed by atoms with Gasteiger partial charge in [0.1, 0.15) is 6.04 Å². The molecule has 0 fully saturated rings. The lowest BCUT2D eigenvalue weighted by molar-refractivity contribution is -0.145. The molecular formula is C12H22N2O5. The number of hydrogen-bond donors (Lipinski definition) is 4. The highest BCUT2D eigenvalue weighted by Crippen LogP contribution is 2.06. The molecule has 0 heterocycles. The van der Waals surface area contributed by atoms with Crippen LogP contribution in [0.25, 0.3) is 0 Å². The summed E-state index contributed by atoms with van der Waals surface area (Å²) in [7, 11) is 0. The van der Waals surface area contributed by atoms with Gasteiger partial charge in [0, 0.05) is 6.04 Å². The molecule has 0 aromatic rings. The summed E-state index contributed by atoms with van der Waals surface area (Å²) in [6.07, 6.45) is 1.07. The molecule has 0 aromatic heterocycles. The number of nitrogens with one attached hydrogen (secondary N) is 2. The Morgan fingerprint density at radius 2 is 1.58 bits per heavy atom. The van der Waals surface area contributed by atoms with Crippen molar-refractivity contribution in [1.82, 2.24) is 10.6 Å². The summed E-state index contributed by atoms with van der Waals surface area (Å²) in [5, 5.41) is 22.0. The van der Waals surface area contributed by atoms with Crippen LogP contribution in [-0.2, 0) is 9.59 Å². The van der Waals surface area contributed by atoms with E-state index < -0.39 is 30.4 Å². The molecule has 4 N–H and O–H groups in total. The molecule has 2 amide bonds. The number of carbonyl (C=O) groups excluding carboxylic acids is 1. The zero-order chi connectivity index (χ0) is 15.0. The van der Waals surface area contributed by atoms with Crippen LogP contribution in [0.2, 0.25) is 0 Å². The molecule has 110 valence electrons. The van der Waals surface area contributed by atoms with Crippen LogP contribution in [0.15, 0.2) is 0 Å². The van der Waals surface area contributed by atoms with Gasteiger partial charge in [0.2, 0.25) is 0 Å². The van der Waals surface area contributed by atoms with E-state index >= 15 is 0 Å². The number of urea groups is 1. The Labute approximate surface area is 112 Å². The van der Waals surface area contributed by atoms with Gasteiger partial charge < -0.3 is 20.8 Å². The third-order valence-electron chi connectivity index (χ3n) is 2.54. The molecule has 7 nitrogen and oxygen atoms in total. The highest BCUT2D eigenvalue weighted by Gasteiger charge is 2.23. The van der Waals surface area contributed by atoms with Crippen molar-refractivity contribution in [2.45, 2.75) is 52.1 Å². The number of rotatable bonds is 8. The van der Waals surface area contributed by atoms with Gasteiger partial charge in [-0.1, -0.05) is 13.8 Å². The summed E-state index contributed by atoms with van der Waals surface area (Å²) in [4.78, 5) is 32.7. The number of hydrogen-bond acceptors (Lipinski definition) is 3. The second-order valence-electron chi connectivity index (χ2n) is 4.98. The zero-order valence-corrected chi connectivity index (χ0v) is 11.5. The number of carboxylic acids is 2. The van der Waals surface area contributed by atoms with E-state index in [-0.39, 0.29) is 6.04 Å². The molecule has 0 aliphatic heterocycles. The number of carbonyl (C=O) groups is 3. The lowest BCUT2D eigenvalue weighted by atomic mass is 10.0. The van der Waals surface area contributed by atoms with Crippen molar-refractivity contribution < 1.29 is 24.6 Å². The minimum absolute atomic E-state index is 0.0957. The number of amides is 2. The molecular weight excluding hydrogens is 252 g/mol. The summed E-state index contributed by atoms with van der Waals surface area (Å²) < 4.78 is 0. The van der Waals surface area contributed by atoms with Gasteiger partial charge in [-0.15, -0.1) is 0 Å². The standard InChI is InChI=1S/C12H22N2O5/c1-7(2)4-5-8(3)13-12(19)14-9(11(17)18)6-10(15)16/h7-9H,4-6H2,1-3H3,(H,15,16)(H,17,18)(H2,13,14,19)/t8?,9-/m0/s1. The van der Waals surface area contributed by atoms with Gasteiger partial charge >= 0.3 is 18.0 Å². The highest BCUT2D eigenvalue weighted by molar-refractivity contribution is 5.86. The van der Waals surface area contributed by atoms with Crippen LogP contribution >= 0.6 is 0 Å². The Bertz CT molecular complexity index is 330. The maximum absolute atomic E-state index is 11.5. The van der Waals surface area contributed by atoms with Crippen molar-refractivity contribution in [2.75, 3.05) is 0 Å². The van der Waals surface area contributed by atoms with Crippen LogP contribution in [0.3, 0.4) is 0 Å². The average molecular weight is 274 g/mol. The van der Waals surface area contributed by atoms with Gasteiger partial charge in [0.05, 0.1) is 6.42 Å². The molecule has 2 atom stereocenters. The Morgan fingerprint density at radius 3 is 2.00 bits per heavy atom.